The Balaban J connectivity index is 1.51. The molecule has 5 heteroatoms. The molecule has 4 aliphatic rings. The molecule has 23 heavy (non-hydrogen) atoms. The molecule has 1 saturated carbocycles. The summed E-state index contributed by atoms with van der Waals surface area (Å²) in [4.78, 5) is 15.6. The minimum atomic E-state index is -0.168. The van der Waals surface area contributed by atoms with E-state index in [1.165, 1.54) is 12.8 Å². The van der Waals surface area contributed by atoms with Crippen LogP contribution in [0.15, 0.2) is 0 Å². The fourth-order valence-corrected chi connectivity index (χ4v) is 5.13. The summed E-state index contributed by atoms with van der Waals surface area (Å²) >= 11 is 0. The highest BCUT2D eigenvalue weighted by Crippen LogP contribution is 2.47. The molecule has 2 N–H and O–H groups in total. The average molecular weight is 322 g/mol. The van der Waals surface area contributed by atoms with Crippen LogP contribution in [-0.2, 0) is 9.53 Å². The van der Waals surface area contributed by atoms with Gasteiger partial charge in [0.1, 0.15) is 0 Å². The van der Waals surface area contributed by atoms with Crippen LogP contribution in [0.5, 0.6) is 0 Å². The molecule has 3 saturated heterocycles. The molecule has 0 radical (unpaired) electrons. The van der Waals surface area contributed by atoms with Crippen LogP contribution in [0.3, 0.4) is 0 Å². The van der Waals surface area contributed by atoms with E-state index in [4.69, 9.17) is 4.74 Å². The van der Waals surface area contributed by atoms with Gasteiger partial charge in [0, 0.05) is 31.2 Å². The van der Waals surface area contributed by atoms with Crippen molar-refractivity contribution in [1.82, 2.24) is 10.2 Å². The van der Waals surface area contributed by atoms with Crippen molar-refractivity contribution in [1.29, 1.82) is 0 Å². The van der Waals surface area contributed by atoms with Gasteiger partial charge in [-0.25, -0.2) is 0 Å². The largest absolute Gasteiger partial charge is 0.396 e. The van der Waals surface area contributed by atoms with E-state index in [9.17, 15) is 9.90 Å². The van der Waals surface area contributed by atoms with Gasteiger partial charge in [-0.05, 0) is 64.0 Å². The third kappa shape index (κ3) is 2.81. The number of ether oxygens (including phenoxy) is 1. The zero-order valence-corrected chi connectivity index (χ0v) is 14.1. The second kappa shape index (κ2) is 6.01. The molecule has 130 valence electrons. The molecule has 0 spiro atoms. The summed E-state index contributed by atoms with van der Waals surface area (Å²) < 4.78 is 5.52. The van der Waals surface area contributed by atoms with Gasteiger partial charge in [-0.1, -0.05) is 0 Å². The molecular formula is C18H30N2O3. The molecule has 0 aromatic heterocycles. The van der Waals surface area contributed by atoms with E-state index in [1.807, 2.05) is 0 Å². The van der Waals surface area contributed by atoms with Gasteiger partial charge in [-0.15, -0.1) is 0 Å². The summed E-state index contributed by atoms with van der Waals surface area (Å²) in [7, 11) is 0. The maximum absolute atomic E-state index is 13.2. The SMILES string of the molecule is O=C(NC(C1CC1)C1(CO)CCOCC1)C12CCCN(CC1)C2. The van der Waals surface area contributed by atoms with Gasteiger partial charge in [-0.3, -0.25) is 4.79 Å². The molecule has 0 aromatic carbocycles. The van der Waals surface area contributed by atoms with Crippen LogP contribution in [0, 0.1) is 16.7 Å². The van der Waals surface area contributed by atoms with Crippen molar-refractivity contribution < 1.29 is 14.6 Å². The third-order valence-electron chi connectivity index (χ3n) is 6.89. The Morgan fingerprint density at radius 3 is 2.70 bits per heavy atom. The molecular weight excluding hydrogens is 292 g/mol. The lowest BCUT2D eigenvalue weighted by atomic mass is 9.71. The summed E-state index contributed by atoms with van der Waals surface area (Å²) in [5, 5.41) is 13.6. The number of piperidine rings is 1. The minimum absolute atomic E-state index is 0.134. The molecule has 3 unspecified atom stereocenters. The first-order chi connectivity index (χ1) is 11.2. The normalized spacial score (nSPS) is 37.3. The standard InChI is InChI=1S/C18H30N2O3/c21-13-18(6-10-23-11-7-18)15(14-2-3-14)19-16(22)17-4-1-8-20(12-17)9-5-17/h14-15,21H,1-13H2,(H,19,22). The van der Waals surface area contributed by atoms with E-state index in [0.717, 1.165) is 51.7 Å². The fourth-order valence-electron chi connectivity index (χ4n) is 5.13. The number of carbonyl (C=O) groups excluding carboxylic acids is 1. The van der Waals surface area contributed by atoms with E-state index in [0.29, 0.717) is 19.1 Å². The van der Waals surface area contributed by atoms with E-state index in [-0.39, 0.29) is 29.4 Å². The molecule has 3 aliphatic heterocycles. The molecule has 4 rings (SSSR count). The highest BCUT2D eigenvalue weighted by Gasteiger charge is 2.52. The van der Waals surface area contributed by atoms with Gasteiger partial charge in [0.25, 0.3) is 0 Å². The predicted molar refractivity (Wildman–Crippen MR) is 87.0 cm³/mol. The van der Waals surface area contributed by atoms with E-state index in [2.05, 4.69) is 10.2 Å². The number of rotatable bonds is 5. The van der Waals surface area contributed by atoms with Crippen LogP contribution < -0.4 is 5.32 Å². The maximum atomic E-state index is 13.2. The molecule has 0 aromatic rings. The van der Waals surface area contributed by atoms with Crippen LogP contribution >= 0.6 is 0 Å². The molecule has 3 atom stereocenters. The van der Waals surface area contributed by atoms with Crippen LogP contribution in [0.1, 0.15) is 44.9 Å². The number of nitrogens with one attached hydrogen (secondary N) is 1. The number of aliphatic hydroxyl groups excluding tert-OH is 1. The summed E-state index contributed by atoms with van der Waals surface area (Å²) in [5.41, 5.74) is -0.328. The van der Waals surface area contributed by atoms with Gasteiger partial charge in [0.15, 0.2) is 0 Å². The smallest absolute Gasteiger partial charge is 0.227 e. The lowest BCUT2D eigenvalue weighted by Crippen LogP contribution is -2.57. The summed E-state index contributed by atoms with van der Waals surface area (Å²) in [6.45, 7) is 4.74. The summed E-state index contributed by atoms with van der Waals surface area (Å²) in [6.07, 6.45) is 7.28. The Morgan fingerprint density at radius 1 is 1.22 bits per heavy atom. The zero-order valence-electron chi connectivity index (χ0n) is 14.1. The molecule has 2 bridgehead atoms. The minimum Gasteiger partial charge on any atom is -0.396 e. The Kier molecular flexibility index (Phi) is 4.14. The third-order valence-corrected chi connectivity index (χ3v) is 6.89. The summed E-state index contributed by atoms with van der Waals surface area (Å²) in [6, 6.07) is 0.134. The van der Waals surface area contributed by atoms with Crippen molar-refractivity contribution in [2.75, 3.05) is 39.5 Å². The number of fused-ring (bicyclic) bond motifs is 2. The van der Waals surface area contributed by atoms with Gasteiger partial charge in [-0.2, -0.15) is 0 Å². The van der Waals surface area contributed by atoms with Crippen molar-refractivity contribution in [2.24, 2.45) is 16.7 Å². The Morgan fingerprint density at radius 2 is 2.00 bits per heavy atom. The van der Waals surface area contributed by atoms with E-state index in [1.54, 1.807) is 0 Å². The van der Waals surface area contributed by atoms with Crippen LogP contribution in [0.2, 0.25) is 0 Å². The molecule has 1 amide bonds. The van der Waals surface area contributed by atoms with Gasteiger partial charge >= 0.3 is 0 Å². The van der Waals surface area contributed by atoms with Gasteiger partial charge in [0.2, 0.25) is 5.91 Å². The molecule has 3 heterocycles. The van der Waals surface area contributed by atoms with Crippen LogP contribution in [0.25, 0.3) is 0 Å². The first-order valence-corrected chi connectivity index (χ1v) is 9.39. The lowest BCUT2D eigenvalue weighted by molar-refractivity contribution is -0.135. The predicted octanol–water partition coefficient (Wildman–Crippen LogP) is 1.16. The van der Waals surface area contributed by atoms with Gasteiger partial charge < -0.3 is 20.1 Å². The average Bonchev–Trinajstić information content (AvgIpc) is 3.39. The van der Waals surface area contributed by atoms with Gasteiger partial charge in [0.05, 0.1) is 12.0 Å². The lowest BCUT2D eigenvalue weighted by Gasteiger charge is -2.44. The zero-order chi connectivity index (χ0) is 15.9. The van der Waals surface area contributed by atoms with Crippen LogP contribution in [-0.4, -0.2) is 61.4 Å². The second-order valence-corrected chi connectivity index (χ2v) is 8.33. The van der Waals surface area contributed by atoms with E-state index >= 15 is 0 Å². The van der Waals surface area contributed by atoms with Crippen molar-refractivity contribution >= 4 is 5.91 Å². The monoisotopic (exact) mass is 322 g/mol. The van der Waals surface area contributed by atoms with Crippen molar-refractivity contribution in [3.63, 3.8) is 0 Å². The first kappa shape index (κ1) is 15.9. The topological polar surface area (TPSA) is 61.8 Å². The molecule has 1 aliphatic carbocycles. The van der Waals surface area contributed by atoms with Crippen molar-refractivity contribution in [3.8, 4) is 0 Å². The quantitative estimate of drug-likeness (QED) is 0.797. The second-order valence-electron chi connectivity index (χ2n) is 8.33. The first-order valence-electron chi connectivity index (χ1n) is 9.39. The summed E-state index contributed by atoms with van der Waals surface area (Å²) in [5.74, 6) is 0.817. The maximum Gasteiger partial charge on any atom is 0.227 e. The highest BCUT2D eigenvalue weighted by molar-refractivity contribution is 5.84. The number of amides is 1. The fraction of sp³-hybridized carbons (Fsp3) is 0.944. The van der Waals surface area contributed by atoms with Crippen molar-refractivity contribution in [3.05, 3.63) is 0 Å². The highest BCUT2D eigenvalue weighted by atomic mass is 16.5. The Labute approximate surface area is 138 Å². The number of aliphatic hydroxyl groups is 1. The number of carbonyl (C=O) groups is 1. The molecule has 4 fully saturated rings. The molecule has 5 nitrogen and oxygen atoms in total. The number of nitrogens with zero attached hydrogens (tertiary/aromatic N) is 1. The Bertz CT molecular complexity index is 455. The van der Waals surface area contributed by atoms with Crippen LogP contribution in [0.4, 0.5) is 0 Å². The Hall–Kier alpha value is -0.650. The van der Waals surface area contributed by atoms with Crippen molar-refractivity contribution in [2.45, 2.75) is 51.0 Å². The van der Waals surface area contributed by atoms with E-state index < -0.39 is 0 Å². The number of hydrogen-bond donors (Lipinski definition) is 2. The number of hydrogen-bond acceptors (Lipinski definition) is 4.